The summed E-state index contributed by atoms with van der Waals surface area (Å²) in [7, 11) is 0. The average molecular weight is 278 g/mol. The van der Waals surface area contributed by atoms with Gasteiger partial charge in [0.15, 0.2) is 5.78 Å². The first-order chi connectivity index (χ1) is 9.67. The lowest BCUT2D eigenvalue weighted by Gasteiger charge is -2.26. The Morgan fingerprint density at radius 3 is 3.05 bits per heavy atom. The van der Waals surface area contributed by atoms with E-state index >= 15 is 0 Å². The zero-order chi connectivity index (χ0) is 14.5. The number of nitrogens with zero attached hydrogens (tertiary/aromatic N) is 1. The van der Waals surface area contributed by atoms with Gasteiger partial charge in [-0.25, -0.2) is 0 Å². The molecule has 20 heavy (non-hydrogen) atoms. The van der Waals surface area contributed by atoms with Crippen molar-refractivity contribution in [3.8, 4) is 5.75 Å². The Labute approximate surface area is 119 Å². The van der Waals surface area contributed by atoms with E-state index in [2.05, 4.69) is 5.32 Å². The Morgan fingerprint density at radius 2 is 2.35 bits per heavy atom. The molecule has 1 atom stereocenters. The molecule has 1 unspecified atom stereocenters. The maximum atomic E-state index is 12.5. The monoisotopic (exact) mass is 278 g/mol. The number of aliphatic hydroxyl groups excluding tert-OH is 1. The molecule has 1 aromatic rings. The molecule has 0 amide bonds. The number of fused-ring (bicyclic) bond motifs is 1. The second-order valence-corrected chi connectivity index (χ2v) is 4.88. The second kappa shape index (κ2) is 6.72. The van der Waals surface area contributed by atoms with Gasteiger partial charge < -0.3 is 15.2 Å². The van der Waals surface area contributed by atoms with Crippen molar-refractivity contribution in [3.63, 3.8) is 0 Å². The van der Waals surface area contributed by atoms with Crippen LogP contribution in [0, 0.1) is 0 Å². The molecule has 5 heteroatoms. The van der Waals surface area contributed by atoms with Gasteiger partial charge in [0.25, 0.3) is 0 Å². The van der Waals surface area contributed by atoms with Crippen LogP contribution in [0.15, 0.2) is 18.2 Å². The highest BCUT2D eigenvalue weighted by molar-refractivity contribution is 6.01. The molecule has 0 radical (unpaired) electrons. The number of rotatable bonds is 6. The molecule has 110 valence electrons. The predicted octanol–water partition coefficient (Wildman–Crippen LogP) is 1.38. The summed E-state index contributed by atoms with van der Waals surface area (Å²) in [6.45, 7) is 6.58. The topological polar surface area (TPSA) is 61.8 Å². The summed E-state index contributed by atoms with van der Waals surface area (Å²) in [6, 6.07) is 5.25. The molecule has 2 rings (SSSR count). The number of carbonyl (C=O) groups excluding carboxylic acids is 1. The van der Waals surface area contributed by atoms with Crippen molar-refractivity contribution in [2.45, 2.75) is 19.9 Å². The fourth-order valence-corrected chi connectivity index (χ4v) is 2.46. The molecular formula is C15H22N2O3. The largest absolute Gasteiger partial charge is 0.490 e. The zero-order valence-electron chi connectivity index (χ0n) is 12.1. The molecule has 0 saturated heterocycles. The van der Waals surface area contributed by atoms with Crippen molar-refractivity contribution >= 4 is 11.5 Å². The summed E-state index contributed by atoms with van der Waals surface area (Å²) in [5.74, 6) is 0.860. The molecule has 1 aromatic carbocycles. The minimum Gasteiger partial charge on any atom is -0.490 e. The quantitative estimate of drug-likeness (QED) is 0.770. The maximum Gasteiger partial charge on any atom is 0.179 e. The summed E-state index contributed by atoms with van der Waals surface area (Å²) < 4.78 is 5.51. The van der Waals surface area contributed by atoms with Crippen molar-refractivity contribution in [2.24, 2.45) is 0 Å². The average Bonchev–Trinajstić information content (AvgIpc) is 2.50. The Balaban J connectivity index is 2.16. The fourth-order valence-electron chi connectivity index (χ4n) is 2.46. The second-order valence-electron chi connectivity index (χ2n) is 4.88. The standard InChI is InChI=1S/C15H22N2O3/c1-3-17(7-8-18)11(2)15(19)12-4-5-14-13(10-12)16-6-9-20-14/h4-5,10-11,16,18H,3,6-9H2,1-2H3. The number of nitrogens with one attached hydrogen (secondary N) is 1. The van der Waals surface area contributed by atoms with Gasteiger partial charge >= 0.3 is 0 Å². The van der Waals surface area contributed by atoms with E-state index in [-0.39, 0.29) is 18.4 Å². The molecule has 0 fully saturated rings. The fraction of sp³-hybridized carbons (Fsp3) is 0.533. The van der Waals surface area contributed by atoms with E-state index in [1.165, 1.54) is 0 Å². The van der Waals surface area contributed by atoms with Gasteiger partial charge in [-0.15, -0.1) is 0 Å². The molecule has 0 saturated carbocycles. The molecule has 1 heterocycles. The number of hydrogen-bond acceptors (Lipinski definition) is 5. The Morgan fingerprint density at radius 1 is 1.55 bits per heavy atom. The van der Waals surface area contributed by atoms with Crippen LogP contribution >= 0.6 is 0 Å². The number of Topliss-reactive ketones (excluding diaryl/α,β-unsaturated/α-hetero) is 1. The lowest BCUT2D eigenvalue weighted by atomic mass is 10.0. The highest BCUT2D eigenvalue weighted by Gasteiger charge is 2.22. The van der Waals surface area contributed by atoms with Crippen molar-refractivity contribution in [3.05, 3.63) is 23.8 Å². The van der Waals surface area contributed by atoms with Crippen molar-refractivity contribution in [1.82, 2.24) is 4.90 Å². The van der Waals surface area contributed by atoms with E-state index in [9.17, 15) is 4.79 Å². The van der Waals surface area contributed by atoms with Crippen LogP contribution in [-0.2, 0) is 0 Å². The highest BCUT2D eigenvalue weighted by atomic mass is 16.5. The normalized spacial score (nSPS) is 15.2. The van der Waals surface area contributed by atoms with Crippen LogP contribution in [0.3, 0.4) is 0 Å². The highest BCUT2D eigenvalue weighted by Crippen LogP contribution is 2.28. The van der Waals surface area contributed by atoms with E-state index in [1.807, 2.05) is 30.9 Å². The number of carbonyl (C=O) groups is 1. The smallest absolute Gasteiger partial charge is 0.179 e. The van der Waals surface area contributed by atoms with E-state index in [4.69, 9.17) is 9.84 Å². The number of ether oxygens (including phenoxy) is 1. The number of aliphatic hydroxyl groups is 1. The van der Waals surface area contributed by atoms with Gasteiger partial charge in [0.1, 0.15) is 12.4 Å². The lowest BCUT2D eigenvalue weighted by Crippen LogP contribution is -2.40. The van der Waals surface area contributed by atoms with Crippen molar-refractivity contribution in [2.75, 3.05) is 38.2 Å². The molecule has 5 nitrogen and oxygen atoms in total. The number of ketones is 1. The summed E-state index contributed by atoms with van der Waals surface area (Å²) in [6.07, 6.45) is 0. The van der Waals surface area contributed by atoms with Crippen LogP contribution in [-0.4, -0.2) is 54.7 Å². The van der Waals surface area contributed by atoms with Crippen LogP contribution in [0.2, 0.25) is 0 Å². The van der Waals surface area contributed by atoms with E-state index < -0.39 is 0 Å². The molecular weight excluding hydrogens is 256 g/mol. The number of likely N-dealkylation sites (N-methyl/N-ethyl adjacent to an activating group) is 1. The molecule has 0 bridgehead atoms. The van der Waals surface area contributed by atoms with Gasteiger partial charge in [0.2, 0.25) is 0 Å². The third kappa shape index (κ3) is 3.11. The Bertz CT molecular complexity index is 476. The van der Waals surface area contributed by atoms with E-state index in [1.54, 1.807) is 6.07 Å². The summed E-state index contributed by atoms with van der Waals surface area (Å²) in [5, 5.41) is 12.3. The van der Waals surface area contributed by atoms with Crippen LogP contribution < -0.4 is 10.1 Å². The molecule has 0 aromatic heterocycles. The van der Waals surface area contributed by atoms with Gasteiger partial charge in [0.05, 0.1) is 18.3 Å². The first kappa shape index (κ1) is 14.8. The summed E-state index contributed by atoms with van der Waals surface area (Å²) >= 11 is 0. The van der Waals surface area contributed by atoms with Gasteiger partial charge in [-0.2, -0.15) is 0 Å². The van der Waals surface area contributed by atoms with Crippen LogP contribution in [0.1, 0.15) is 24.2 Å². The Kier molecular flexibility index (Phi) is 4.98. The van der Waals surface area contributed by atoms with Gasteiger partial charge in [-0.3, -0.25) is 9.69 Å². The summed E-state index contributed by atoms with van der Waals surface area (Å²) in [5.41, 5.74) is 1.55. The minimum absolute atomic E-state index is 0.0606. The van der Waals surface area contributed by atoms with Gasteiger partial charge in [-0.1, -0.05) is 6.92 Å². The predicted molar refractivity (Wildman–Crippen MR) is 78.6 cm³/mol. The van der Waals surface area contributed by atoms with Gasteiger partial charge in [0, 0.05) is 18.7 Å². The van der Waals surface area contributed by atoms with E-state index in [0.717, 1.165) is 24.5 Å². The van der Waals surface area contributed by atoms with Crippen LogP contribution in [0.25, 0.3) is 0 Å². The Hall–Kier alpha value is -1.59. The number of anilines is 1. The number of hydrogen-bond donors (Lipinski definition) is 2. The van der Waals surface area contributed by atoms with Crippen LogP contribution in [0.4, 0.5) is 5.69 Å². The summed E-state index contributed by atoms with van der Waals surface area (Å²) in [4.78, 5) is 14.5. The van der Waals surface area contributed by atoms with Crippen molar-refractivity contribution in [1.29, 1.82) is 0 Å². The maximum absolute atomic E-state index is 12.5. The molecule has 1 aliphatic heterocycles. The molecule has 1 aliphatic rings. The zero-order valence-corrected chi connectivity index (χ0v) is 12.1. The minimum atomic E-state index is -0.241. The SMILES string of the molecule is CCN(CCO)C(C)C(=O)c1ccc2c(c1)NCCO2. The third-order valence-corrected chi connectivity index (χ3v) is 3.66. The van der Waals surface area contributed by atoms with Crippen LogP contribution in [0.5, 0.6) is 5.75 Å². The first-order valence-corrected chi connectivity index (χ1v) is 7.07. The first-order valence-electron chi connectivity index (χ1n) is 7.07. The van der Waals surface area contributed by atoms with E-state index in [0.29, 0.717) is 18.7 Å². The van der Waals surface area contributed by atoms with Crippen molar-refractivity contribution < 1.29 is 14.6 Å². The molecule has 0 spiro atoms. The van der Waals surface area contributed by atoms with Gasteiger partial charge in [-0.05, 0) is 31.7 Å². The lowest BCUT2D eigenvalue weighted by molar-refractivity contribution is 0.0817. The number of benzene rings is 1. The third-order valence-electron chi connectivity index (χ3n) is 3.66. The molecule has 0 aliphatic carbocycles. The molecule has 2 N–H and O–H groups in total.